The molecule has 0 heterocycles. The van der Waals surface area contributed by atoms with Gasteiger partial charge in [-0.2, -0.15) is 0 Å². The molecule has 2 aromatic rings. The maximum atomic E-state index is 2.57. The van der Waals surface area contributed by atoms with Crippen molar-refractivity contribution in [3.8, 4) is 0 Å². The first-order valence-corrected chi connectivity index (χ1v) is 14.2. The average molecular weight is 455 g/mol. The third-order valence-electron chi connectivity index (χ3n) is 5.07. The van der Waals surface area contributed by atoms with E-state index >= 15 is 0 Å². The van der Waals surface area contributed by atoms with Crippen molar-refractivity contribution in [3.63, 3.8) is 0 Å². The van der Waals surface area contributed by atoms with Crippen LogP contribution in [-0.2, 0) is 0 Å². The van der Waals surface area contributed by atoms with Crippen molar-refractivity contribution in [3.05, 3.63) is 84.2 Å². The van der Waals surface area contributed by atoms with Crippen LogP contribution in [0, 0.1) is 5.92 Å². The number of allylic oxidation sites excluding steroid dienone is 4. The summed E-state index contributed by atoms with van der Waals surface area (Å²) in [6.07, 6.45) is 7.28. The minimum absolute atomic E-state index is 0.277. The molecule has 3 atom stereocenters. The molecule has 30 heavy (non-hydrogen) atoms. The molecule has 0 spiro atoms. The van der Waals surface area contributed by atoms with Crippen LogP contribution in [0.2, 0.25) is 0 Å². The van der Waals surface area contributed by atoms with Gasteiger partial charge in [-0.1, -0.05) is 127 Å². The summed E-state index contributed by atoms with van der Waals surface area (Å²) < 4.78 is 0. The van der Waals surface area contributed by atoms with Crippen LogP contribution >= 0.6 is 25.1 Å². The van der Waals surface area contributed by atoms with Crippen LogP contribution in [-0.4, -0.2) is 15.2 Å². The zero-order chi connectivity index (χ0) is 22.0. The lowest BCUT2D eigenvalue weighted by Crippen LogP contribution is -2.33. The Morgan fingerprint density at radius 1 is 0.667 bits per heavy atom. The molecule has 0 saturated carbocycles. The van der Waals surface area contributed by atoms with E-state index in [1.54, 1.807) is 5.31 Å². The largest absolute Gasteiger partial charge is 0.105 e. The Kier molecular flexibility index (Phi) is 7.45. The fraction of sp³-hybridized carbons (Fsp3) is 0.407. The fourth-order valence-corrected chi connectivity index (χ4v) is 13.9. The minimum atomic E-state index is -0.531. The number of benzene rings is 2. The smallest absolute Gasteiger partial charge is 0.0160 e. The van der Waals surface area contributed by atoms with E-state index in [9.17, 15) is 0 Å². The van der Waals surface area contributed by atoms with Gasteiger partial charge in [0.2, 0.25) is 0 Å². The fourth-order valence-electron chi connectivity index (χ4n) is 4.52. The Labute approximate surface area is 189 Å². The van der Waals surface area contributed by atoms with Crippen molar-refractivity contribution in [2.45, 2.75) is 63.7 Å². The van der Waals surface area contributed by atoms with Crippen LogP contribution in [0.4, 0.5) is 0 Å². The third kappa shape index (κ3) is 6.13. The zero-order valence-electron chi connectivity index (χ0n) is 19.5. The molecule has 1 aliphatic rings. The van der Waals surface area contributed by atoms with Gasteiger partial charge in [0.15, 0.2) is 0 Å². The molecular formula is C27H37P3. The molecule has 1 aliphatic carbocycles. The lowest BCUT2D eigenvalue weighted by Gasteiger charge is -2.46. The molecule has 0 nitrogen and oxygen atoms in total. The molecule has 3 heteroatoms. The second-order valence-corrected chi connectivity index (χ2v) is 18.7. The lowest BCUT2D eigenvalue weighted by molar-refractivity contribution is 0.672. The van der Waals surface area contributed by atoms with Crippen molar-refractivity contribution in [1.29, 1.82) is 0 Å². The highest BCUT2D eigenvalue weighted by molar-refractivity contribution is 7.77. The number of hydrogen-bond donors (Lipinski definition) is 0. The van der Waals surface area contributed by atoms with Crippen molar-refractivity contribution < 1.29 is 0 Å². The van der Waals surface area contributed by atoms with E-state index in [0.717, 1.165) is 17.2 Å². The Balaban J connectivity index is 2.08. The first-order valence-electron chi connectivity index (χ1n) is 10.9. The van der Waals surface area contributed by atoms with E-state index in [0.29, 0.717) is 16.2 Å². The first-order chi connectivity index (χ1) is 14.0. The van der Waals surface area contributed by atoms with Gasteiger partial charge in [0.25, 0.3) is 0 Å². The van der Waals surface area contributed by atoms with Crippen molar-refractivity contribution >= 4 is 35.7 Å². The molecule has 2 aromatic carbocycles. The molecule has 3 rings (SSSR count). The van der Waals surface area contributed by atoms with E-state index in [2.05, 4.69) is 127 Å². The summed E-state index contributed by atoms with van der Waals surface area (Å²) >= 11 is 0. The lowest BCUT2D eigenvalue weighted by atomic mass is 10.1. The van der Waals surface area contributed by atoms with Crippen LogP contribution in [0.5, 0.6) is 0 Å². The van der Waals surface area contributed by atoms with Crippen LogP contribution in [0.3, 0.4) is 0 Å². The monoisotopic (exact) mass is 454 g/mol. The van der Waals surface area contributed by atoms with Gasteiger partial charge < -0.3 is 0 Å². The molecule has 0 bridgehead atoms. The van der Waals surface area contributed by atoms with Crippen molar-refractivity contribution in [1.82, 2.24) is 0 Å². The SMILES string of the molecule is CC(C)(C)PC(C)(PC(C)(C)C)C1C=CC=C1P(c1ccccc1)c1ccccc1. The van der Waals surface area contributed by atoms with Gasteiger partial charge in [-0.15, -0.1) is 17.2 Å². The molecule has 160 valence electrons. The number of hydrogen-bond acceptors (Lipinski definition) is 0. The molecule has 0 N–H and O–H groups in total. The molecule has 0 amide bonds. The van der Waals surface area contributed by atoms with Gasteiger partial charge in [-0.3, -0.25) is 0 Å². The van der Waals surface area contributed by atoms with E-state index < -0.39 is 7.92 Å². The molecule has 0 radical (unpaired) electrons. The summed E-state index contributed by atoms with van der Waals surface area (Å²) in [5.74, 6) is 0.499. The topological polar surface area (TPSA) is 0 Å². The van der Waals surface area contributed by atoms with E-state index in [-0.39, 0.29) is 4.90 Å². The summed E-state index contributed by atoms with van der Waals surface area (Å²) in [6, 6.07) is 22.3. The van der Waals surface area contributed by atoms with E-state index in [1.165, 1.54) is 10.6 Å². The highest BCUT2D eigenvalue weighted by Gasteiger charge is 2.43. The van der Waals surface area contributed by atoms with Gasteiger partial charge in [0, 0.05) is 10.8 Å². The van der Waals surface area contributed by atoms with Crippen LogP contribution < -0.4 is 10.6 Å². The highest BCUT2D eigenvalue weighted by Crippen LogP contribution is 2.66. The first kappa shape index (κ1) is 23.9. The van der Waals surface area contributed by atoms with Gasteiger partial charge in [-0.05, 0) is 34.2 Å². The Morgan fingerprint density at radius 3 is 1.50 bits per heavy atom. The van der Waals surface area contributed by atoms with E-state index in [1.807, 2.05) is 0 Å². The van der Waals surface area contributed by atoms with Crippen LogP contribution in [0.15, 0.2) is 84.2 Å². The van der Waals surface area contributed by atoms with Crippen LogP contribution in [0.25, 0.3) is 0 Å². The third-order valence-corrected chi connectivity index (χ3v) is 11.6. The minimum Gasteiger partial charge on any atom is -0.105 e. The van der Waals surface area contributed by atoms with E-state index in [4.69, 9.17) is 0 Å². The summed E-state index contributed by atoms with van der Waals surface area (Å²) in [7, 11) is 1.30. The highest BCUT2D eigenvalue weighted by atomic mass is 31.1. The predicted molar refractivity (Wildman–Crippen MR) is 144 cm³/mol. The second kappa shape index (κ2) is 9.37. The molecule has 0 saturated heterocycles. The second-order valence-electron chi connectivity index (χ2n) is 10.4. The molecule has 0 aliphatic heterocycles. The summed E-state index contributed by atoms with van der Waals surface area (Å²) in [6.45, 7) is 17.0. The Morgan fingerprint density at radius 2 is 1.10 bits per heavy atom. The summed E-state index contributed by atoms with van der Waals surface area (Å²) in [5, 5.41) is 5.20. The molecule has 3 unspecified atom stereocenters. The zero-order valence-corrected chi connectivity index (χ0v) is 22.4. The average Bonchev–Trinajstić information content (AvgIpc) is 3.11. The summed E-state index contributed by atoms with van der Waals surface area (Å²) in [4.78, 5) is 0.277. The molecule has 0 aromatic heterocycles. The Hall–Kier alpha value is -0.790. The maximum absolute atomic E-state index is 2.57. The predicted octanol–water partition coefficient (Wildman–Crippen LogP) is 7.86. The van der Waals surface area contributed by atoms with Gasteiger partial charge >= 0.3 is 0 Å². The standard InChI is InChI=1S/C27H37P3/c1-25(2,3)28-27(7,29-26(4,5)6)23-19-14-20-24(23)30(21-15-10-8-11-16-21)22-17-12-9-13-18-22/h8-20,23,28-29H,1-7H3. The van der Waals surface area contributed by atoms with Crippen LogP contribution in [0.1, 0.15) is 48.5 Å². The quantitative estimate of drug-likeness (QED) is 0.390. The van der Waals surface area contributed by atoms with Gasteiger partial charge in [0.1, 0.15) is 0 Å². The van der Waals surface area contributed by atoms with Crippen molar-refractivity contribution in [2.75, 3.05) is 0 Å². The number of rotatable bonds is 6. The normalized spacial score (nSPS) is 19.9. The molecule has 0 fully saturated rings. The Bertz CT molecular complexity index is 828. The summed E-state index contributed by atoms with van der Waals surface area (Å²) in [5.41, 5.74) is 0. The van der Waals surface area contributed by atoms with Gasteiger partial charge in [-0.25, -0.2) is 0 Å². The maximum Gasteiger partial charge on any atom is 0.0160 e. The van der Waals surface area contributed by atoms with Gasteiger partial charge in [0.05, 0.1) is 0 Å². The molecular weight excluding hydrogens is 417 g/mol. The van der Waals surface area contributed by atoms with Crippen molar-refractivity contribution in [2.24, 2.45) is 5.92 Å².